The van der Waals surface area contributed by atoms with Crippen molar-refractivity contribution in [2.75, 3.05) is 0 Å². The number of aromatic hydroxyl groups is 2. The van der Waals surface area contributed by atoms with Gasteiger partial charge in [0.05, 0.1) is 12.4 Å². The van der Waals surface area contributed by atoms with Gasteiger partial charge >= 0.3 is 0 Å². The van der Waals surface area contributed by atoms with Crippen LogP contribution in [0.15, 0.2) is 51.9 Å². The third-order valence-corrected chi connectivity index (χ3v) is 2.77. The number of hydrogen-bond acceptors (Lipinski definition) is 5. The van der Waals surface area contributed by atoms with Gasteiger partial charge in [-0.1, -0.05) is 0 Å². The Balaban J connectivity index is 2.27. The average Bonchev–Trinajstić information content (AvgIpc) is 2.39. The fourth-order valence-electron chi connectivity index (χ4n) is 1.86. The smallest absolute Gasteiger partial charge is 0.197 e. The zero-order valence-electron chi connectivity index (χ0n) is 9.70. The maximum Gasteiger partial charge on any atom is 0.197 e. The van der Waals surface area contributed by atoms with E-state index < -0.39 is 0 Å². The van der Waals surface area contributed by atoms with E-state index in [1.165, 1.54) is 30.6 Å². The molecular formula is C14H9NO4. The molecule has 0 aliphatic rings. The van der Waals surface area contributed by atoms with Gasteiger partial charge in [-0.05, 0) is 24.3 Å². The summed E-state index contributed by atoms with van der Waals surface area (Å²) in [5, 5.41) is 18.9. The summed E-state index contributed by atoms with van der Waals surface area (Å²) in [6.07, 6.45) is 2.57. The van der Waals surface area contributed by atoms with Crippen molar-refractivity contribution in [3.8, 4) is 22.8 Å². The van der Waals surface area contributed by atoms with Gasteiger partial charge in [-0.2, -0.15) is 0 Å². The zero-order chi connectivity index (χ0) is 13.4. The predicted octanol–water partition coefficient (Wildman–Crippen LogP) is 2.27. The van der Waals surface area contributed by atoms with E-state index in [-0.39, 0.29) is 27.9 Å². The van der Waals surface area contributed by atoms with Crippen molar-refractivity contribution in [1.29, 1.82) is 0 Å². The standard InChI is InChI=1S/C14H9NO4/c16-9-3-1-8(2-4-9)12-5-10(17)14-11(18)6-15-7-13(14)19-12/h1-7,16,18H. The molecule has 0 amide bonds. The number of phenols is 1. The molecule has 0 bridgehead atoms. The van der Waals surface area contributed by atoms with Gasteiger partial charge in [0.15, 0.2) is 11.0 Å². The van der Waals surface area contributed by atoms with Crippen LogP contribution in [-0.2, 0) is 0 Å². The van der Waals surface area contributed by atoms with Crippen molar-refractivity contribution in [3.63, 3.8) is 0 Å². The van der Waals surface area contributed by atoms with E-state index in [1.807, 2.05) is 0 Å². The van der Waals surface area contributed by atoms with Crippen LogP contribution in [0.5, 0.6) is 11.5 Å². The molecule has 2 heterocycles. The molecule has 19 heavy (non-hydrogen) atoms. The van der Waals surface area contributed by atoms with Crippen LogP contribution < -0.4 is 5.43 Å². The molecule has 0 saturated heterocycles. The molecule has 5 nitrogen and oxygen atoms in total. The van der Waals surface area contributed by atoms with Gasteiger partial charge in [0.25, 0.3) is 0 Å². The Morgan fingerprint density at radius 1 is 1.05 bits per heavy atom. The average molecular weight is 255 g/mol. The third kappa shape index (κ3) is 1.91. The van der Waals surface area contributed by atoms with Crippen LogP contribution >= 0.6 is 0 Å². The van der Waals surface area contributed by atoms with E-state index in [0.717, 1.165) is 0 Å². The molecule has 3 rings (SSSR count). The Morgan fingerprint density at radius 3 is 2.53 bits per heavy atom. The minimum atomic E-state index is -0.343. The second kappa shape index (κ2) is 4.13. The number of phenolic OH excluding ortho intramolecular Hbond substituents is 1. The lowest BCUT2D eigenvalue weighted by Crippen LogP contribution is -2.01. The van der Waals surface area contributed by atoms with E-state index in [4.69, 9.17) is 4.42 Å². The van der Waals surface area contributed by atoms with Crippen LogP contribution in [0.1, 0.15) is 0 Å². The van der Waals surface area contributed by atoms with E-state index in [0.29, 0.717) is 11.3 Å². The predicted molar refractivity (Wildman–Crippen MR) is 69.0 cm³/mol. The molecule has 1 aromatic carbocycles. The first kappa shape index (κ1) is 11.3. The topological polar surface area (TPSA) is 83.6 Å². The van der Waals surface area contributed by atoms with E-state index in [9.17, 15) is 15.0 Å². The summed E-state index contributed by atoms with van der Waals surface area (Å²) in [5.74, 6) is 0.277. The highest BCUT2D eigenvalue weighted by Gasteiger charge is 2.10. The van der Waals surface area contributed by atoms with Crippen molar-refractivity contribution >= 4 is 11.0 Å². The Bertz CT molecular complexity index is 806. The van der Waals surface area contributed by atoms with Crippen molar-refractivity contribution < 1.29 is 14.6 Å². The molecular weight excluding hydrogens is 246 g/mol. The Hall–Kier alpha value is -2.82. The summed E-state index contributed by atoms with van der Waals surface area (Å²) in [6, 6.07) is 7.57. The van der Waals surface area contributed by atoms with E-state index in [1.54, 1.807) is 12.1 Å². The summed E-state index contributed by atoms with van der Waals surface area (Å²) in [5.41, 5.74) is 0.528. The molecule has 0 atom stereocenters. The van der Waals surface area contributed by atoms with Gasteiger partial charge in [0, 0.05) is 11.6 Å². The van der Waals surface area contributed by atoms with E-state index >= 15 is 0 Å². The second-order valence-electron chi connectivity index (χ2n) is 4.05. The van der Waals surface area contributed by atoms with Gasteiger partial charge in [-0.25, -0.2) is 0 Å². The molecule has 0 aliphatic heterocycles. The molecule has 0 spiro atoms. The lowest BCUT2D eigenvalue weighted by Gasteiger charge is -2.03. The largest absolute Gasteiger partial charge is 0.508 e. The first-order valence-electron chi connectivity index (χ1n) is 5.55. The Kier molecular flexibility index (Phi) is 2.45. The molecule has 5 heteroatoms. The summed E-state index contributed by atoms with van der Waals surface area (Å²) >= 11 is 0. The fourth-order valence-corrected chi connectivity index (χ4v) is 1.86. The number of rotatable bonds is 1. The van der Waals surface area contributed by atoms with Crippen molar-refractivity contribution in [1.82, 2.24) is 4.98 Å². The lowest BCUT2D eigenvalue weighted by molar-refractivity contribution is 0.475. The number of benzene rings is 1. The van der Waals surface area contributed by atoms with Crippen LogP contribution in [0.25, 0.3) is 22.3 Å². The third-order valence-electron chi connectivity index (χ3n) is 2.77. The van der Waals surface area contributed by atoms with Crippen LogP contribution in [0.3, 0.4) is 0 Å². The van der Waals surface area contributed by atoms with Crippen LogP contribution in [0, 0.1) is 0 Å². The van der Waals surface area contributed by atoms with Crippen LogP contribution in [0.4, 0.5) is 0 Å². The monoisotopic (exact) mass is 255 g/mol. The summed E-state index contributed by atoms with van der Waals surface area (Å²) in [6.45, 7) is 0. The minimum absolute atomic E-state index is 0.109. The summed E-state index contributed by atoms with van der Waals surface area (Å²) < 4.78 is 5.55. The number of hydrogen-bond donors (Lipinski definition) is 2. The van der Waals surface area contributed by atoms with Gasteiger partial charge in [0.1, 0.15) is 22.6 Å². The lowest BCUT2D eigenvalue weighted by atomic mass is 10.1. The molecule has 0 fully saturated rings. The number of nitrogens with zero attached hydrogens (tertiary/aromatic N) is 1. The summed E-state index contributed by atoms with van der Waals surface area (Å²) in [7, 11) is 0. The number of aromatic nitrogens is 1. The Labute approximate surface area is 107 Å². The highest BCUT2D eigenvalue weighted by Crippen LogP contribution is 2.26. The van der Waals surface area contributed by atoms with Gasteiger partial charge in [0.2, 0.25) is 0 Å². The molecule has 0 saturated carbocycles. The highest BCUT2D eigenvalue weighted by molar-refractivity contribution is 5.83. The molecule has 0 aliphatic carbocycles. The molecule has 3 aromatic rings. The molecule has 94 valence electrons. The van der Waals surface area contributed by atoms with Crippen molar-refractivity contribution in [2.24, 2.45) is 0 Å². The van der Waals surface area contributed by atoms with Crippen molar-refractivity contribution in [2.45, 2.75) is 0 Å². The molecule has 2 N–H and O–H groups in total. The van der Waals surface area contributed by atoms with Crippen LogP contribution in [-0.4, -0.2) is 15.2 Å². The Morgan fingerprint density at radius 2 is 1.79 bits per heavy atom. The number of fused-ring (bicyclic) bond motifs is 1. The fraction of sp³-hybridized carbons (Fsp3) is 0. The highest BCUT2D eigenvalue weighted by atomic mass is 16.3. The normalized spacial score (nSPS) is 10.7. The zero-order valence-corrected chi connectivity index (χ0v) is 9.70. The molecule has 2 aromatic heterocycles. The summed E-state index contributed by atoms with van der Waals surface area (Å²) in [4.78, 5) is 15.7. The molecule has 0 unspecified atom stereocenters. The first-order chi connectivity index (χ1) is 9.15. The minimum Gasteiger partial charge on any atom is -0.508 e. The van der Waals surface area contributed by atoms with Crippen molar-refractivity contribution in [3.05, 3.63) is 52.9 Å². The number of pyridine rings is 1. The van der Waals surface area contributed by atoms with Gasteiger partial charge in [-0.15, -0.1) is 0 Å². The van der Waals surface area contributed by atoms with Gasteiger partial charge < -0.3 is 14.6 Å². The van der Waals surface area contributed by atoms with Crippen LogP contribution in [0.2, 0.25) is 0 Å². The van der Waals surface area contributed by atoms with E-state index in [2.05, 4.69) is 4.98 Å². The molecule has 0 radical (unpaired) electrons. The maximum atomic E-state index is 12.0. The van der Waals surface area contributed by atoms with Gasteiger partial charge in [-0.3, -0.25) is 9.78 Å². The maximum absolute atomic E-state index is 12.0. The first-order valence-corrected chi connectivity index (χ1v) is 5.55. The SMILES string of the molecule is O=c1cc(-c2ccc(O)cc2)oc2cncc(O)c12. The quantitative estimate of drug-likeness (QED) is 0.696. The second-order valence-corrected chi connectivity index (χ2v) is 4.05.